The maximum Gasteiger partial charge on any atom is 0.142 e. The lowest BCUT2D eigenvalue weighted by Crippen LogP contribution is -2.30. The van der Waals surface area contributed by atoms with Crippen LogP contribution in [0.25, 0.3) is 0 Å². The number of rotatable bonds is 4. The molecule has 2 aromatic rings. The van der Waals surface area contributed by atoms with Crippen molar-refractivity contribution in [2.45, 2.75) is 18.8 Å². The molecule has 3 rings (SSSR count). The predicted octanol–water partition coefficient (Wildman–Crippen LogP) is 3.58. The molecule has 0 spiro atoms. The summed E-state index contributed by atoms with van der Waals surface area (Å²) >= 11 is 0. The van der Waals surface area contributed by atoms with Gasteiger partial charge in [0.2, 0.25) is 0 Å². The molecule has 1 unspecified atom stereocenters. The van der Waals surface area contributed by atoms with E-state index in [9.17, 15) is 0 Å². The van der Waals surface area contributed by atoms with Crippen LogP contribution in [0.15, 0.2) is 36.5 Å². The van der Waals surface area contributed by atoms with Crippen molar-refractivity contribution in [2.24, 2.45) is 0 Å². The molecule has 0 aliphatic carbocycles. The Balaban J connectivity index is 1.81. The molecule has 4 heteroatoms. The first-order valence-electron chi connectivity index (χ1n) is 7.53. The van der Waals surface area contributed by atoms with E-state index in [1.165, 1.54) is 24.9 Å². The highest BCUT2D eigenvalue weighted by Crippen LogP contribution is 2.33. The molecular weight excluding hydrogens is 262 g/mol. The van der Waals surface area contributed by atoms with Crippen LogP contribution >= 0.6 is 0 Å². The van der Waals surface area contributed by atoms with Crippen LogP contribution in [0.1, 0.15) is 24.3 Å². The number of hydrogen-bond donors (Lipinski definition) is 2. The average molecular weight is 285 g/mol. The summed E-state index contributed by atoms with van der Waals surface area (Å²) in [6.45, 7) is 2.34. The van der Waals surface area contributed by atoms with Crippen molar-refractivity contribution >= 4 is 11.5 Å². The lowest BCUT2D eigenvalue weighted by atomic mass is 9.90. The van der Waals surface area contributed by atoms with Crippen LogP contribution < -0.4 is 10.1 Å². The van der Waals surface area contributed by atoms with Crippen molar-refractivity contribution in [1.29, 1.82) is 0 Å². The molecule has 1 saturated heterocycles. The number of piperidine rings is 1. The number of H-pyrrole nitrogens is 1. The molecule has 1 aromatic heterocycles. The maximum atomic E-state index is 5.56. The Kier molecular flexibility index (Phi) is 4.15. The first kappa shape index (κ1) is 14.0. The second-order valence-corrected chi connectivity index (χ2v) is 5.77. The molecule has 112 valence electrons. The lowest BCUT2D eigenvalue weighted by Gasteiger charge is -2.30. The molecule has 1 aromatic carbocycles. The number of hydrogen-bond acceptors (Lipinski definition) is 3. The fourth-order valence-electron chi connectivity index (χ4n) is 3.06. The van der Waals surface area contributed by atoms with Gasteiger partial charge in [-0.15, -0.1) is 0 Å². The second-order valence-electron chi connectivity index (χ2n) is 5.77. The minimum atomic E-state index is 0.609. The van der Waals surface area contributed by atoms with Gasteiger partial charge in [-0.05, 0) is 62.2 Å². The molecule has 0 bridgehead atoms. The van der Waals surface area contributed by atoms with E-state index in [4.69, 9.17) is 4.74 Å². The van der Waals surface area contributed by atoms with E-state index >= 15 is 0 Å². The van der Waals surface area contributed by atoms with Crippen molar-refractivity contribution in [2.75, 3.05) is 32.6 Å². The molecule has 21 heavy (non-hydrogen) atoms. The number of nitrogens with one attached hydrogen (secondary N) is 2. The number of likely N-dealkylation sites (N-methyl/N-ethyl adjacent to an activating group) is 1. The minimum absolute atomic E-state index is 0.609. The van der Waals surface area contributed by atoms with Crippen LogP contribution in [0.4, 0.5) is 11.5 Å². The summed E-state index contributed by atoms with van der Waals surface area (Å²) in [4.78, 5) is 5.56. The van der Waals surface area contributed by atoms with E-state index in [1.807, 2.05) is 18.3 Å². The monoisotopic (exact) mass is 285 g/mol. The van der Waals surface area contributed by atoms with Gasteiger partial charge in [-0.1, -0.05) is 6.07 Å². The first-order valence-corrected chi connectivity index (χ1v) is 7.53. The minimum Gasteiger partial charge on any atom is -0.495 e. The number of nitrogens with zero attached hydrogens (tertiary/aromatic N) is 1. The Hall–Kier alpha value is -1.94. The molecule has 0 saturated carbocycles. The Morgan fingerprint density at radius 1 is 1.33 bits per heavy atom. The van der Waals surface area contributed by atoms with Gasteiger partial charge in [-0.25, -0.2) is 0 Å². The number of aromatic nitrogens is 1. The summed E-state index contributed by atoms with van der Waals surface area (Å²) < 4.78 is 5.56. The third-order valence-corrected chi connectivity index (χ3v) is 4.19. The number of ether oxygens (including phenoxy) is 1. The van der Waals surface area contributed by atoms with Gasteiger partial charge in [0.05, 0.1) is 12.8 Å². The zero-order valence-electron chi connectivity index (χ0n) is 12.7. The highest BCUT2D eigenvalue weighted by Gasteiger charge is 2.20. The van der Waals surface area contributed by atoms with E-state index in [2.05, 4.69) is 40.4 Å². The van der Waals surface area contributed by atoms with Gasteiger partial charge in [0.25, 0.3) is 0 Å². The first-order chi connectivity index (χ1) is 10.3. The summed E-state index contributed by atoms with van der Waals surface area (Å²) in [5.74, 6) is 2.48. The van der Waals surface area contributed by atoms with E-state index in [1.54, 1.807) is 7.11 Å². The summed E-state index contributed by atoms with van der Waals surface area (Å²) in [5, 5.41) is 3.35. The molecule has 2 N–H and O–H groups in total. The molecule has 2 heterocycles. The van der Waals surface area contributed by atoms with E-state index < -0.39 is 0 Å². The predicted molar refractivity (Wildman–Crippen MR) is 86.5 cm³/mol. The molecule has 0 amide bonds. The van der Waals surface area contributed by atoms with Gasteiger partial charge < -0.3 is 19.9 Å². The number of benzene rings is 1. The fourth-order valence-corrected chi connectivity index (χ4v) is 3.06. The van der Waals surface area contributed by atoms with Crippen LogP contribution in [0, 0.1) is 0 Å². The third-order valence-electron chi connectivity index (χ3n) is 4.19. The largest absolute Gasteiger partial charge is 0.495 e. The molecule has 1 fully saturated rings. The van der Waals surface area contributed by atoms with Crippen molar-refractivity contribution < 1.29 is 4.74 Å². The summed E-state index contributed by atoms with van der Waals surface area (Å²) in [5.41, 5.74) is 2.36. The third kappa shape index (κ3) is 3.22. The Labute approximate surface area is 126 Å². The summed E-state index contributed by atoms with van der Waals surface area (Å²) in [6.07, 6.45) is 4.43. The molecule has 1 aliphatic rings. The van der Waals surface area contributed by atoms with Crippen molar-refractivity contribution in [3.8, 4) is 5.75 Å². The van der Waals surface area contributed by atoms with Crippen molar-refractivity contribution in [1.82, 2.24) is 9.88 Å². The van der Waals surface area contributed by atoms with Crippen molar-refractivity contribution in [3.05, 3.63) is 42.1 Å². The van der Waals surface area contributed by atoms with Gasteiger partial charge in [-0.2, -0.15) is 0 Å². The average Bonchev–Trinajstić information content (AvgIpc) is 3.00. The van der Waals surface area contributed by atoms with Gasteiger partial charge in [0.15, 0.2) is 0 Å². The molecular formula is C17H23N3O. The van der Waals surface area contributed by atoms with E-state index in [0.717, 1.165) is 23.8 Å². The Morgan fingerprint density at radius 3 is 2.95 bits per heavy atom. The summed E-state index contributed by atoms with van der Waals surface area (Å²) in [6, 6.07) is 10.5. The van der Waals surface area contributed by atoms with Gasteiger partial charge >= 0.3 is 0 Å². The zero-order valence-corrected chi connectivity index (χ0v) is 12.7. The van der Waals surface area contributed by atoms with Crippen LogP contribution in [-0.2, 0) is 0 Å². The highest BCUT2D eigenvalue weighted by molar-refractivity contribution is 5.65. The lowest BCUT2D eigenvalue weighted by molar-refractivity contribution is 0.250. The Bertz CT molecular complexity index is 580. The number of likely N-dealkylation sites (tertiary alicyclic amines) is 1. The quantitative estimate of drug-likeness (QED) is 0.902. The molecule has 0 radical (unpaired) electrons. The molecule has 1 aliphatic heterocycles. The number of methoxy groups -OCH3 is 1. The standard InChI is InChI=1S/C17H23N3O/c1-20-10-4-5-14(12-20)13-7-8-15(16(11-13)21-2)19-17-6-3-9-18-17/h3,6-9,11,14,18-19H,4-5,10,12H2,1-2H3. The Morgan fingerprint density at radius 2 is 2.24 bits per heavy atom. The second kappa shape index (κ2) is 6.22. The maximum absolute atomic E-state index is 5.56. The number of aromatic amines is 1. The topological polar surface area (TPSA) is 40.3 Å². The van der Waals surface area contributed by atoms with E-state index in [-0.39, 0.29) is 0 Å². The van der Waals surface area contributed by atoms with Crippen LogP contribution in [-0.4, -0.2) is 37.1 Å². The smallest absolute Gasteiger partial charge is 0.142 e. The molecule has 4 nitrogen and oxygen atoms in total. The van der Waals surface area contributed by atoms with Gasteiger partial charge in [0, 0.05) is 12.7 Å². The van der Waals surface area contributed by atoms with Gasteiger partial charge in [0.1, 0.15) is 11.6 Å². The van der Waals surface area contributed by atoms with Crippen LogP contribution in [0.5, 0.6) is 5.75 Å². The summed E-state index contributed by atoms with van der Waals surface area (Å²) in [7, 11) is 3.93. The highest BCUT2D eigenvalue weighted by atomic mass is 16.5. The SMILES string of the molecule is COc1cc(C2CCCN(C)C2)ccc1Nc1ccc[nH]1. The molecule has 1 atom stereocenters. The van der Waals surface area contributed by atoms with E-state index in [0.29, 0.717) is 5.92 Å². The van der Waals surface area contributed by atoms with Crippen LogP contribution in [0.2, 0.25) is 0 Å². The zero-order chi connectivity index (χ0) is 14.7. The fraction of sp³-hybridized carbons (Fsp3) is 0.412. The van der Waals surface area contributed by atoms with Crippen LogP contribution in [0.3, 0.4) is 0 Å². The van der Waals surface area contributed by atoms with Gasteiger partial charge in [-0.3, -0.25) is 0 Å². The normalized spacial score (nSPS) is 19.4. The van der Waals surface area contributed by atoms with Crippen molar-refractivity contribution in [3.63, 3.8) is 0 Å². The number of anilines is 2.